The van der Waals surface area contributed by atoms with Crippen molar-refractivity contribution in [1.82, 2.24) is 15.3 Å². The van der Waals surface area contributed by atoms with Gasteiger partial charge in [0.15, 0.2) is 0 Å². The van der Waals surface area contributed by atoms with Crippen molar-refractivity contribution in [1.29, 1.82) is 0 Å². The van der Waals surface area contributed by atoms with Crippen LogP contribution in [0.15, 0.2) is 0 Å². The molecule has 0 radical (unpaired) electrons. The summed E-state index contributed by atoms with van der Waals surface area (Å²) < 4.78 is 0. The summed E-state index contributed by atoms with van der Waals surface area (Å²) in [7, 11) is 0. The Morgan fingerprint density at radius 2 is 1.77 bits per heavy atom. The number of hydroxylamine groups is 2. The van der Waals surface area contributed by atoms with Crippen LogP contribution in [-0.2, 0) is 9.63 Å². The molecule has 1 heterocycles. The number of carbonyl (C=O) groups is 3. The van der Waals surface area contributed by atoms with Gasteiger partial charge in [-0.2, -0.15) is 0 Å². The lowest BCUT2D eigenvalue weighted by molar-refractivity contribution is -0.147. The number of carbonyl (C=O) groups excluding carboxylic acids is 3. The van der Waals surface area contributed by atoms with Crippen molar-refractivity contribution in [3.05, 3.63) is 0 Å². The maximum Gasteiger partial charge on any atom is 0.432 e. The molecule has 0 saturated carbocycles. The number of hydrogen-bond acceptors (Lipinski definition) is 4. The average molecular weight is 313 g/mol. The zero-order valence-electron chi connectivity index (χ0n) is 13.6. The van der Waals surface area contributed by atoms with E-state index in [0.717, 1.165) is 32.1 Å². The number of nitrogens with zero attached hydrogens (tertiary/aromatic N) is 2. The number of urea groups is 1. The summed E-state index contributed by atoms with van der Waals surface area (Å²) in [6.45, 7) is 5.11. The van der Waals surface area contributed by atoms with Crippen LogP contribution in [0.25, 0.3) is 0 Å². The molecule has 0 aromatic carbocycles. The zero-order chi connectivity index (χ0) is 16.4. The van der Waals surface area contributed by atoms with Gasteiger partial charge in [-0.15, -0.1) is 0 Å². The summed E-state index contributed by atoms with van der Waals surface area (Å²) in [6, 6.07) is -0.559. The molecule has 22 heavy (non-hydrogen) atoms. The molecule has 0 aromatic heterocycles. The van der Waals surface area contributed by atoms with Gasteiger partial charge >= 0.3 is 12.1 Å². The minimum Gasteiger partial charge on any atom is -0.320 e. The van der Waals surface area contributed by atoms with Crippen molar-refractivity contribution in [3.8, 4) is 0 Å². The highest BCUT2D eigenvalue weighted by Crippen LogP contribution is 2.12. The second-order valence-electron chi connectivity index (χ2n) is 5.47. The van der Waals surface area contributed by atoms with Crippen LogP contribution in [0.1, 0.15) is 58.8 Å². The maximum atomic E-state index is 11.9. The van der Waals surface area contributed by atoms with Crippen molar-refractivity contribution >= 4 is 18.0 Å². The average Bonchev–Trinajstić information content (AvgIpc) is 2.76. The Bertz CT molecular complexity index is 387. The van der Waals surface area contributed by atoms with E-state index in [1.54, 1.807) is 0 Å². The van der Waals surface area contributed by atoms with Gasteiger partial charge in [-0.25, -0.2) is 9.59 Å². The van der Waals surface area contributed by atoms with E-state index in [1.165, 1.54) is 17.7 Å². The molecule has 1 aliphatic rings. The Kier molecular flexibility index (Phi) is 8.32. The summed E-state index contributed by atoms with van der Waals surface area (Å²) in [5.41, 5.74) is 0. The van der Waals surface area contributed by atoms with Crippen molar-refractivity contribution in [2.45, 2.75) is 58.8 Å². The van der Waals surface area contributed by atoms with Crippen LogP contribution in [0.4, 0.5) is 9.59 Å². The summed E-state index contributed by atoms with van der Waals surface area (Å²) >= 11 is 0. The largest absolute Gasteiger partial charge is 0.432 e. The van der Waals surface area contributed by atoms with Crippen molar-refractivity contribution in [3.63, 3.8) is 0 Å². The first kappa shape index (κ1) is 18.3. The van der Waals surface area contributed by atoms with E-state index in [9.17, 15) is 14.4 Å². The minimum atomic E-state index is -0.755. The van der Waals surface area contributed by atoms with Crippen LogP contribution >= 0.6 is 0 Å². The second-order valence-corrected chi connectivity index (χ2v) is 5.47. The lowest BCUT2D eigenvalue weighted by Crippen LogP contribution is -2.39. The Morgan fingerprint density at radius 1 is 1.09 bits per heavy atom. The van der Waals surface area contributed by atoms with E-state index in [-0.39, 0.29) is 6.54 Å². The van der Waals surface area contributed by atoms with Crippen LogP contribution < -0.4 is 5.32 Å². The van der Waals surface area contributed by atoms with Gasteiger partial charge in [0, 0.05) is 13.1 Å². The van der Waals surface area contributed by atoms with Gasteiger partial charge in [-0.1, -0.05) is 51.0 Å². The summed E-state index contributed by atoms with van der Waals surface area (Å²) in [4.78, 5) is 41.4. The lowest BCUT2D eigenvalue weighted by atomic mass is 10.1. The zero-order valence-corrected chi connectivity index (χ0v) is 13.6. The quantitative estimate of drug-likeness (QED) is 0.497. The highest BCUT2D eigenvalue weighted by atomic mass is 16.7. The van der Waals surface area contributed by atoms with Crippen LogP contribution in [0, 0.1) is 0 Å². The predicted octanol–water partition coefficient (Wildman–Crippen LogP) is 2.66. The SMILES string of the molecule is CCCCCCCNC(=O)ON1C(=O)CN(CCCC)C1=O. The molecule has 0 atom stereocenters. The highest BCUT2D eigenvalue weighted by molar-refractivity contribution is 6.01. The number of hydrogen-bond donors (Lipinski definition) is 1. The fraction of sp³-hybridized carbons (Fsp3) is 0.800. The Morgan fingerprint density at radius 3 is 2.45 bits per heavy atom. The third-order valence-corrected chi connectivity index (χ3v) is 3.50. The first-order valence-electron chi connectivity index (χ1n) is 8.17. The molecule has 1 N–H and O–H groups in total. The number of unbranched alkanes of at least 4 members (excludes halogenated alkanes) is 5. The Labute approximate surface area is 131 Å². The van der Waals surface area contributed by atoms with Crippen molar-refractivity contribution < 1.29 is 19.2 Å². The third-order valence-electron chi connectivity index (χ3n) is 3.50. The molecule has 1 saturated heterocycles. The number of amides is 4. The normalized spacial score (nSPS) is 14.6. The Hall–Kier alpha value is -1.79. The predicted molar refractivity (Wildman–Crippen MR) is 82.0 cm³/mol. The maximum absolute atomic E-state index is 11.9. The first-order chi connectivity index (χ1) is 10.6. The van der Waals surface area contributed by atoms with Gasteiger partial charge in [0.1, 0.15) is 6.54 Å². The van der Waals surface area contributed by atoms with Crippen LogP contribution in [0.2, 0.25) is 0 Å². The number of nitrogens with one attached hydrogen (secondary N) is 1. The highest BCUT2D eigenvalue weighted by Gasteiger charge is 2.38. The van der Waals surface area contributed by atoms with Crippen molar-refractivity contribution in [2.24, 2.45) is 0 Å². The Balaban J connectivity index is 2.26. The molecule has 0 unspecified atom stereocenters. The number of imide groups is 1. The molecule has 0 aliphatic carbocycles. The fourth-order valence-electron chi connectivity index (χ4n) is 2.18. The van der Waals surface area contributed by atoms with E-state index in [4.69, 9.17) is 4.84 Å². The standard InChI is InChI=1S/C15H27N3O4/c1-3-5-7-8-9-10-16-14(20)22-18-13(19)12-17(15(18)21)11-6-4-2/h3-12H2,1-2H3,(H,16,20). The molecular weight excluding hydrogens is 286 g/mol. The fourth-order valence-corrected chi connectivity index (χ4v) is 2.18. The van der Waals surface area contributed by atoms with Crippen LogP contribution in [-0.4, -0.2) is 47.6 Å². The molecule has 1 fully saturated rings. The smallest absolute Gasteiger partial charge is 0.320 e. The van der Waals surface area contributed by atoms with E-state index in [2.05, 4.69) is 12.2 Å². The van der Waals surface area contributed by atoms with Crippen LogP contribution in [0.3, 0.4) is 0 Å². The molecule has 0 bridgehead atoms. The summed E-state index contributed by atoms with van der Waals surface area (Å²) in [5.74, 6) is -0.501. The molecule has 7 heteroatoms. The minimum absolute atomic E-state index is 0.0247. The first-order valence-corrected chi connectivity index (χ1v) is 8.17. The second kappa shape index (κ2) is 10.0. The molecule has 7 nitrogen and oxygen atoms in total. The van der Waals surface area contributed by atoms with Gasteiger partial charge in [-0.05, 0) is 12.8 Å². The van der Waals surface area contributed by atoms with Gasteiger partial charge in [0.2, 0.25) is 0 Å². The van der Waals surface area contributed by atoms with Crippen LogP contribution in [0.5, 0.6) is 0 Å². The topological polar surface area (TPSA) is 79.0 Å². The van der Waals surface area contributed by atoms with Gasteiger partial charge in [-0.3, -0.25) is 4.79 Å². The monoisotopic (exact) mass is 313 g/mol. The van der Waals surface area contributed by atoms with E-state index in [1.807, 2.05) is 6.92 Å². The van der Waals surface area contributed by atoms with Gasteiger partial charge < -0.3 is 15.1 Å². The summed E-state index contributed by atoms with van der Waals surface area (Å²) in [5, 5.41) is 3.12. The van der Waals surface area contributed by atoms with Crippen molar-refractivity contribution in [2.75, 3.05) is 19.6 Å². The molecule has 0 aromatic rings. The molecule has 0 spiro atoms. The molecular formula is C15H27N3O4. The number of rotatable bonds is 10. The third kappa shape index (κ3) is 5.91. The summed E-state index contributed by atoms with van der Waals surface area (Å²) in [6.07, 6.45) is 6.39. The molecule has 4 amide bonds. The van der Waals surface area contributed by atoms with Gasteiger partial charge in [0.05, 0.1) is 0 Å². The van der Waals surface area contributed by atoms with E-state index < -0.39 is 18.0 Å². The van der Waals surface area contributed by atoms with E-state index in [0.29, 0.717) is 18.2 Å². The molecule has 126 valence electrons. The lowest BCUT2D eigenvalue weighted by Gasteiger charge is -2.15. The molecule has 1 rings (SSSR count). The molecule has 1 aliphatic heterocycles. The van der Waals surface area contributed by atoms with Gasteiger partial charge in [0.25, 0.3) is 5.91 Å². The van der Waals surface area contributed by atoms with E-state index >= 15 is 0 Å².